The molecule has 0 amide bonds. The summed E-state index contributed by atoms with van der Waals surface area (Å²) in [5, 5.41) is 9.06. The fourth-order valence-corrected chi connectivity index (χ4v) is 3.70. The molecule has 0 spiro atoms. The number of hydrogen-bond acceptors (Lipinski definition) is 4. The maximum Gasteiger partial charge on any atom is 0.321 e. The monoisotopic (exact) mass is 307 g/mol. The number of carbonyl (C=O) groups is 1. The zero-order valence-corrected chi connectivity index (χ0v) is 13.0. The Morgan fingerprint density at radius 3 is 2.45 bits per heavy atom. The van der Waals surface area contributed by atoms with Crippen LogP contribution in [0.2, 0.25) is 0 Å². The lowest BCUT2D eigenvalue weighted by atomic mass is 9.98. The molecule has 1 fully saturated rings. The van der Waals surface area contributed by atoms with Crippen molar-refractivity contribution in [2.75, 3.05) is 19.0 Å². The molecule has 1 saturated heterocycles. The lowest BCUT2D eigenvalue weighted by molar-refractivity contribution is -0.139. The predicted molar refractivity (Wildman–Crippen MR) is 76.0 cm³/mol. The van der Waals surface area contributed by atoms with Crippen molar-refractivity contribution < 1.29 is 23.1 Å². The molecule has 0 unspecified atom stereocenters. The van der Waals surface area contributed by atoms with E-state index in [1.54, 1.807) is 0 Å². The summed E-state index contributed by atoms with van der Waals surface area (Å²) in [6, 6.07) is -1.03. The second-order valence-electron chi connectivity index (χ2n) is 5.80. The van der Waals surface area contributed by atoms with Crippen molar-refractivity contribution in [2.24, 2.45) is 11.8 Å². The number of hydrogen-bond donors (Lipinski definition) is 2. The molecule has 0 aromatic carbocycles. The van der Waals surface area contributed by atoms with Crippen molar-refractivity contribution in [3.8, 4) is 0 Å². The number of sulfonamides is 1. The minimum atomic E-state index is -3.54. The van der Waals surface area contributed by atoms with Crippen LogP contribution in [-0.2, 0) is 19.6 Å². The van der Waals surface area contributed by atoms with Crippen LogP contribution in [0.1, 0.15) is 39.5 Å². The van der Waals surface area contributed by atoms with Crippen molar-refractivity contribution in [1.82, 2.24) is 4.72 Å². The van der Waals surface area contributed by atoms with Gasteiger partial charge in [-0.2, -0.15) is 0 Å². The normalized spacial score (nSPS) is 19.1. The van der Waals surface area contributed by atoms with Crippen molar-refractivity contribution in [1.29, 1.82) is 0 Å². The highest BCUT2D eigenvalue weighted by atomic mass is 32.2. The van der Waals surface area contributed by atoms with Gasteiger partial charge in [-0.25, -0.2) is 13.1 Å². The Labute approximate surface area is 120 Å². The van der Waals surface area contributed by atoms with Crippen LogP contribution in [0.4, 0.5) is 0 Å². The predicted octanol–water partition coefficient (Wildman–Crippen LogP) is 1.22. The number of nitrogens with one attached hydrogen (secondary N) is 1. The zero-order chi connectivity index (χ0) is 15.2. The molecule has 0 aromatic rings. The van der Waals surface area contributed by atoms with Gasteiger partial charge in [-0.1, -0.05) is 13.8 Å². The second-order valence-corrected chi connectivity index (χ2v) is 7.67. The summed E-state index contributed by atoms with van der Waals surface area (Å²) in [7, 11) is -3.54. The van der Waals surface area contributed by atoms with Gasteiger partial charge in [-0.3, -0.25) is 4.79 Å². The average Bonchev–Trinajstić information content (AvgIpc) is 2.36. The van der Waals surface area contributed by atoms with Gasteiger partial charge in [0.05, 0.1) is 5.75 Å². The van der Waals surface area contributed by atoms with Crippen LogP contribution >= 0.6 is 0 Å². The topological polar surface area (TPSA) is 92.7 Å². The molecule has 0 aromatic heterocycles. The SMILES string of the molecule is CC(C)C[C@@H](NS(=O)(=O)CCC1CCOCC1)C(=O)O. The minimum Gasteiger partial charge on any atom is -0.480 e. The van der Waals surface area contributed by atoms with Crippen LogP contribution in [0.25, 0.3) is 0 Å². The first-order chi connectivity index (χ1) is 9.30. The first-order valence-electron chi connectivity index (χ1n) is 7.10. The molecule has 0 saturated carbocycles. The number of aliphatic carboxylic acids is 1. The van der Waals surface area contributed by atoms with Crippen molar-refractivity contribution in [3.63, 3.8) is 0 Å². The smallest absolute Gasteiger partial charge is 0.321 e. The van der Waals surface area contributed by atoms with Crippen LogP contribution in [-0.4, -0.2) is 44.5 Å². The summed E-state index contributed by atoms with van der Waals surface area (Å²) in [5.74, 6) is -0.657. The first-order valence-corrected chi connectivity index (χ1v) is 8.76. The third kappa shape index (κ3) is 6.67. The quantitative estimate of drug-likeness (QED) is 0.703. The Balaban J connectivity index is 2.47. The molecule has 118 valence electrons. The van der Waals surface area contributed by atoms with Crippen LogP contribution in [0.15, 0.2) is 0 Å². The van der Waals surface area contributed by atoms with Crippen LogP contribution in [0, 0.1) is 11.8 Å². The highest BCUT2D eigenvalue weighted by Crippen LogP contribution is 2.19. The number of carboxylic acids is 1. The van der Waals surface area contributed by atoms with Gasteiger partial charge in [-0.05, 0) is 37.5 Å². The maximum absolute atomic E-state index is 12.0. The van der Waals surface area contributed by atoms with E-state index in [4.69, 9.17) is 9.84 Å². The van der Waals surface area contributed by atoms with E-state index in [2.05, 4.69) is 4.72 Å². The lowest BCUT2D eigenvalue weighted by Crippen LogP contribution is -2.42. The molecule has 0 radical (unpaired) electrons. The Bertz CT molecular complexity index is 401. The molecule has 1 rings (SSSR count). The third-order valence-electron chi connectivity index (χ3n) is 3.46. The fourth-order valence-electron chi connectivity index (χ4n) is 2.30. The van der Waals surface area contributed by atoms with Gasteiger partial charge in [-0.15, -0.1) is 0 Å². The Morgan fingerprint density at radius 1 is 1.35 bits per heavy atom. The van der Waals surface area contributed by atoms with E-state index in [1.807, 2.05) is 13.8 Å². The van der Waals surface area contributed by atoms with Crippen molar-refractivity contribution in [2.45, 2.75) is 45.6 Å². The van der Waals surface area contributed by atoms with Crippen molar-refractivity contribution >= 4 is 16.0 Å². The summed E-state index contributed by atoms with van der Waals surface area (Å²) in [6.45, 7) is 5.10. The second kappa shape index (κ2) is 7.95. The van der Waals surface area contributed by atoms with E-state index < -0.39 is 22.0 Å². The Morgan fingerprint density at radius 2 is 1.95 bits per heavy atom. The molecule has 6 nitrogen and oxygen atoms in total. The molecule has 0 aliphatic carbocycles. The standard InChI is InChI=1S/C13H25NO5S/c1-10(2)9-12(13(15)16)14-20(17,18)8-5-11-3-6-19-7-4-11/h10-12,14H,3-9H2,1-2H3,(H,15,16)/t12-/m1/s1. The van der Waals surface area contributed by atoms with Crippen molar-refractivity contribution in [3.05, 3.63) is 0 Å². The lowest BCUT2D eigenvalue weighted by Gasteiger charge is -2.22. The molecule has 2 N–H and O–H groups in total. The summed E-state index contributed by atoms with van der Waals surface area (Å²) in [4.78, 5) is 11.1. The highest BCUT2D eigenvalue weighted by Gasteiger charge is 2.25. The van der Waals surface area contributed by atoms with Gasteiger partial charge in [0.15, 0.2) is 0 Å². The largest absolute Gasteiger partial charge is 0.480 e. The van der Waals surface area contributed by atoms with Crippen LogP contribution in [0.5, 0.6) is 0 Å². The molecular weight excluding hydrogens is 282 g/mol. The molecule has 1 atom stereocenters. The third-order valence-corrected chi connectivity index (χ3v) is 4.88. The number of ether oxygens (including phenoxy) is 1. The summed E-state index contributed by atoms with van der Waals surface area (Å²) in [6.07, 6.45) is 2.62. The van der Waals surface area contributed by atoms with Gasteiger partial charge in [0, 0.05) is 13.2 Å². The average molecular weight is 307 g/mol. The van der Waals surface area contributed by atoms with E-state index in [-0.39, 0.29) is 11.7 Å². The number of carboxylic acid groups (broad SMARTS) is 1. The fraction of sp³-hybridized carbons (Fsp3) is 0.923. The van der Waals surface area contributed by atoms with Gasteiger partial charge in [0.1, 0.15) is 6.04 Å². The Kier molecular flexibility index (Phi) is 6.91. The van der Waals surface area contributed by atoms with E-state index in [9.17, 15) is 13.2 Å². The summed E-state index contributed by atoms with van der Waals surface area (Å²) >= 11 is 0. The molecule has 0 bridgehead atoms. The molecular formula is C13H25NO5S. The maximum atomic E-state index is 12.0. The molecule has 1 aliphatic heterocycles. The van der Waals surface area contributed by atoms with Crippen LogP contribution in [0.3, 0.4) is 0 Å². The first kappa shape index (κ1) is 17.4. The van der Waals surface area contributed by atoms with Gasteiger partial charge >= 0.3 is 5.97 Å². The summed E-state index contributed by atoms with van der Waals surface area (Å²) < 4.78 is 31.5. The van der Waals surface area contributed by atoms with Gasteiger partial charge in [0.2, 0.25) is 10.0 Å². The van der Waals surface area contributed by atoms with E-state index in [0.717, 1.165) is 12.8 Å². The minimum absolute atomic E-state index is 0.0143. The Hall–Kier alpha value is -0.660. The zero-order valence-electron chi connectivity index (χ0n) is 12.2. The molecule has 7 heteroatoms. The summed E-state index contributed by atoms with van der Waals surface area (Å²) in [5.41, 5.74) is 0. The van der Waals surface area contributed by atoms with Gasteiger partial charge in [0.25, 0.3) is 0 Å². The molecule has 1 aliphatic rings. The number of rotatable bonds is 8. The van der Waals surface area contributed by atoms with Crippen LogP contribution < -0.4 is 4.72 Å². The van der Waals surface area contributed by atoms with E-state index >= 15 is 0 Å². The van der Waals surface area contributed by atoms with E-state index in [1.165, 1.54) is 0 Å². The van der Waals surface area contributed by atoms with Gasteiger partial charge < -0.3 is 9.84 Å². The highest BCUT2D eigenvalue weighted by molar-refractivity contribution is 7.89. The van der Waals surface area contributed by atoms with E-state index in [0.29, 0.717) is 32.0 Å². The molecule has 1 heterocycles. The molecule has 20 heavy (non-hydrogen) atoms.